The predicted octanol–water partition coefficient (Wildman–Crippen LogP) is 0.455. The summed E-state index contributed by atoms with van der Waals surface area (Å²) in [7, 11) is 0.206. The Morgan fingerprint density at radius 1 is 1.33 bits per heavy atom. The number of rotatable bonds is 6. The van der Waals surface area contributed by atoms with Crippen molar-refractivity contribution in [3.63, 3.8) is 0 Å². The van der Waals surface area contributed by atoms with Gasteiger partial charge in [-0.2, -0.15) is 0 Å². The van der Waals surface area contributed by atoms with Gasteiger partial charge in [-0.1, -0.05) is 0 Å². The van der Waals surface area contributed by atoms with Gasteiger partial charge in [0.25, 0.3) is 0 Å². The summed E-state index contributed by atoms with van der Waals surface area (Å²) in [5, 5.41) is -0.188. The molecule has 0 N–H and O–H groups in total. The third-order valence-corrected chi connectivity index (χ3v) is 7.72. The normalized spacial score (nSPS) is 31.5. The number of fused-ring (bicyclic) bond motifs is 1. The fraction of sp³-hybridized carbons (Fsp3) is 0.938. The lowest BCUT2D eigenvalue weighted by molar-refractivity contribution is -0.152. The Bertz CT molecular complexity index is 575. The quantitative estimate of drug-likeness (QED) is 0.688. The number of likely N-dealkylation sites (N-methyl/N-ethyl adjacent to an activating group) is 1. The third kappa shape index (κ3) is 3.61. The summed E-state index contributed by atoms with van der Waals surface area (Å²) in [6, 6.07) is 0. The summed E-state index contributed by atoms with van der Waals surface area (Å²) >= 11 is 0. The summed E-state index contributed by atoms with van der Waals surface area (Å²) in [6.07, 6.45) is 4.06. The smallest absolute Gasteiger partial charge is 0.248 e. The van der Waals surface area contributed by atoms with Gasteiger partial charge in [-0.05, 0) is 32.1 Å². The van der Waals surface area contributed by atoms with Gasteiger partial charge >= 0.3 is 0 Å². The van der Waals surface area contributed by atoms with Crippen LogP contribution in [0.3, 0.4) is 0 Å². The maximum absolute atomic E-state index is 12.6. The van der Waals surface area contributed by atoms with Crippen molar-refractivity contribution in [2.45, 2.75) is 43.5 Å². The highest BCUT2D eigenvalue weighted by atomic mass is 32.2. The van der Waals surface area contributed by atoms with E-state index in [4.69, 9.17) is 9.47 Å². The molecule has 2 heterocycles. The van der Waals surface area contributed by atoms with Gasteiger partial charge in [0.1, 0.15) is 6.61 Å². The van der Waals surface area contributed by atoms with Gasteiger partial charge in [0, 0.05) is 39.2 Å². The summed E-state index contributed by atoms with van der Waals surface area (Å²) in [5.74, 6) is -0.0852. The number of carbonyl (C=O) groups excluding carboxylic acids is 1. The molecule has 3 fully saturated rings. The third-order valence-electron chi connectivity index (χ3n) is 5.37. The average molecular weight is 360 g/mol. The number of carbonyl (C=O) groups is 1. The summed E-state index contributed by atoms with van der Waals surface area (Å²) in [5.41, 5.74) is -0.328. The molecule has 2 aliphatic heterocycles. The minimum absolute atomic E-state index is 0.0198. The summed E-state index contributed by atoms with van der Waals surface area (Å²) in [6.45, 7) is 2.09. The van der Waals surface area contributed by atoms with Gasteiger partial charge in [0.15, 0.2) is 0 Å². The van der Waals surface area contributed by atoms with Crippen LogP contribution in [0.25, 0.3) is 0 Å². The molecule has 0 unspecified atom stereocenters. The number of piperidine rings is 1. The van der Waals surface area contributed by atoms with Crippen LogP contribution in [0, 0.1) is 5.41 Å². The van der Waals surface area contributed by atoms with Gasteiger partial charge in [0.05, 0.1) is 18.0 Å². The second-order valence-corrected chi connectivity index (χ2v) is 9.69. The first kappa shape index (κ1) is 18.1. The molecule has 3 aliphatic rings. The van der Waals surface area contributed by atoms with Crippen LogP contribution in [0.15, 0.2) is 0 Å². The first-order valence-corrected chi connectivity index (χ1v) is 10.2. The molecule has 0 spiro atoms. The van der Waals surface area contributed by atoms with Gasteiger partial charge in [-0.15, -0.1) is 0 Å². The molecule has 0 aromatic rings. The molecule has 1 saturated carbocycles. The molecule has 24 heavy (non-hydrogen) atoms. The van der Waals surface area contributed by atoms with Crippen molar-refractivity contribution in [1.82, 2.24) is 9.21 Å². The van der Waals surface area contributed by atoms with Crippen LogP contribution in [0.2, 0.25) is 0 Å². The Balaban J connectivity index is 1.68. The average Bonchev–Trinajstić information content (AvgIpc) is 3.39. The number of sulfonamides is 1. The first-order chi connectivity index (χ1) is 11.3. The number of hydrogen-bond acceptors (Lipinski definition) is 5. The van der Waals surface area contributed by atoms with Crippen LogP contribution in [-0.4, -0.2) is 81.9 Å². The van der Waals surface area contributed by atoms with Crippen molar-refractivity contribution >= 4 is 15.9 Å². The van der Waals surface area contributed by atoms with Crippen LogP contribution in [0.1, 0.15) is 32.1 Å². The highest BCUT2D eigenvalue weighted by Crippen LogP contribution is 2.43. The number of nitrogens with zero attached hydrogens (tertiary/aromatic N) is 2. The van der Waals surface area contributed by atoms with E-state index in [9.17, 15) is 13.2 Å². The molecule has 8 heteroatoms. The molecule has 0 bridgehead atoms. The van der Waals surface area contributed by atoms with Crippen molar-refractivity contribution < 1.29 is 22.7 Å². The fourth-order valence-electron chi connectivity index (χ4n) is 3.72. The van der Waals surface area contributed by atoms with Crippen molar-refractivity contribution in [3.05, 3.63) is 0 Å². The van der Waals surface area contributed by atoms with E-state index in [0.29, 0.717) is 26.1 Å². The zero-order valence-electron chi connectivity index (χ0n) is 14.6. The molecule has 0 radical (unpaired) electrons. The maximum atomic E-state index is 12.6. The molecule has 2 saturated heterocycles. The van der Waals surface area contributed by atoms with E-state index >= 15 is 0 Å². The lowest BCUT2D eigenvalue weighted by Crippen LogP contribution is -2.58. The van der Waals surface area contributed by atoms with Crippen molar-refractivity contribution in [2.75, 3.05) is 47.0 Å². The highest BCUT2D eigenvalue weighted by Gasteiger charge is 2.51. The minimum Gasteiger partial charge on any atom is -0.377 e. The fourth-order valence-corrected chi connectivity index (χ4v) is 5.68. The molecule has 1 amide bonds. The molecule has 3 rings (SSSR count). The lowest BCUT2D eigenvalue weighted by Gasteiger charge is -2.49. The van der Waals surface area contributed by atoms with Crippen LogP contribution in [-0.2, 0) is 24.3 Å². The van der Waals surface area contributed by atoms with Gasteiger partial charge in [-0.25, -0.2) is 12.7 Å². The van der Waals surface area contributed by atoms with Crippen molar-refractivity contribution in [2.24, 2.45) is 5.41 Å². The van der Waals surface area contributed by atoms with Crippen molar-refractivity contribution in [1.29, 1.82) is 0 Å². The molecule has 2 atom stereocenters. The van der Waals surface area contributed by atoms with E-state index in [1.807, 2.05) is 0 Å². The SMILES string of the molecule is CN(C)C(=O)COC[C@@]12CCCO[C@H]1CCN(S(=O)(=O)C1CC1)C2. The second-order valence-electron chi connectivity index (χ2n) is 7.47. The zero-order chi connectivity index (χ0) is 17.4. The molecule has 0 aromatic heterocycles. The highest BCUT2D eigenvalue weighted by molar-refractivity contribution is 7.90. The number of hydrogen-bond donors (Lipinski definition) is 0. The molecule has 138 valence electrons. The second kappa shape index (κ2) is 6.90. The topological polar surface area (TPSA) is 76.2 Å². The van der Waals surface area contributed by atoms with Crippen LogP contribution < -0.4 is 0 Å². The van der Waals surface area contributed by atoms with Crippen LogP contribution in [0.4, 0.5) is 0 Å². The van der Waals surface area contributed by atoms with Gasteiger partial charge < -0.3 is 14.4 Å². The van der Waals surface area contributed by atoms with E-state index < -0.39 is 10.0 Å². The van der Waals surface area contributed by atoms with E-state index in [1.54, 1.807) is 18.4 Å². The summed E-state index contributed by atoms with van der Waals surface area (Å²) in [4.78, 5) is 13.2. The Labute approximate surface area is 144 Å². The summed E-state index contributed by atoms with van der Waals surface area (Å²) < 4.78 is 38.5. The Morgan fingerprint density at radius 3 is 2.75 bits per heavy atom. The largest absolute Gasteiger partial charge is 0.377 e. The van der Waals surface area contributed by atoms with Gasteiger partial charge in [0.2, 0.25) is 15.9 Å². The van der Waals surface area contributed by atoms with Crippen LogP contribution >= 0.6 is 0 Å². The standard InChI is InChI=1S/C16H28N2O5S/c1-17(2)15(19)10-22-12-16-7-3-9-23-14(16)6-8-18(11-16)24(20,21)13-4-5-13/h13-14H,3-12H2,1-2H3/t14-,16-/m0/s1. The Kier molecular flexibility index (Phi) is 5.20. The number of ether oxygens (including phenoxy) is 2. The van der Waals surface area contributed by atoms with E-state index in [-0.39, 0.29) is 29.3 Å². The monoisotopic (exact) mass is 360 g/mol. The van der Waals surface area contributed by atoms with E-state index in [2.05, 4.69) is 0 Å². The van der Waals surface area contributed by atoms with Crippen molar-refractivity contribution in [3.8, 4) is 0 Å². The Morgan fingerprint density at radius 2 is 2.08 bits per heavy atom. The number of amides is 1. The zero-order valence-corrected chi connectivity index (χ0v) is 15.4. The molecule has 0 aromatic carbocycles. The Hall–Kier alpha value is -0.700. The molecule has 1 aliphatic carbocycles. The van der Waals surface area contributed by atoms with Gasteiger partial charge in [-0.3, -0.25) is 4.79 Å². The molecule has 7 nitrogen and oxygen atoms in total. The van der Waals surface area contributed by atoms with Crippen LogP contribution in [0.5, 0.6) is 0 Å². The lowest BCUT2D eigenvalue weighted by atomic mass is 9.73. The predicted molar refractivity (Wildman–Crippen MR) is 89.1 cm³/mol. The minimum atomic E-state index is -3.19. The van der Waals surface area contributed by atoms with E-state index in [0.717, 1.165) is 32.3 Å². The maximum Gasteiger partial charge on any atom is 0.248 e. The van der Waals surface area contributed by atoms with E-state index in [1.165, 1.54) is 4.90 Å². The molecular weight excluding hydrogens is 332 g/mol. The first-order valence-electron chi connectivity index (χ1n) is 8.74. The molecular formula is C16H28N2O5S.